The normalized spacial score (nSPS) is 16.1. The first-order valence-electron chi connectivity index (χ1n) is 6.85. The van der Waals surface area contributed by atoms with Crippen LogP contribution in [0.2, 0.25) is 0 Å². The Kier molecular flexibility index (Phi) is 4.43. The maximum Gasteiger partial charge on any atom is 0.0347 e. The van der Waals surface area contributed by atoms with Gasteiger partial charge in [0.2, 0.25) is 0 Å². The van der Waals surface area contributed by atoms with Gasteiger partial charge in [-0.05, 0) is 43.4 Å². The highest BCUT2D eigenvalue weighted by molar-refractivity contribution is 5.46. The van der Waals surface area contributed by atoms with Crippen LogP contribution in [0, 0.1) is 5.92 Å². The molecule has 2 rings (SSSR count). The van der Waals surface area contributed by atoms with E-state index < -0.39 is 0 Å². The Bertz CT molecular complexity index is 345. The van der Waals surface area contributed by atoms with Gasteiger partial charge in [-0.15, -0.1) is 0 Å². The molecule has 0 atom stereocenters. The summed E-state index contributed by atoms with van der Waals surface area (Å²) < 4.78 is 0. The fourth-order valence-corrected chi connectivity index (χ4v) is 2.46. The topological polar surface area (TPSA) is 29.3 Å². The van der Waals surface area contributed by atoms with Crippen molar-refractivity contribution in [3.05, 3.63) is 29.8 Å². The highest BCUT2D eigenvalue weighted by Crippen LogP contribution is 2.27. The zero-order chi connectivity index (χ0) is 12.1. The third-order valence-corrected chi connectivity index (χ3v) is 3.94. The molecule has 0 aromatic heterocycles. The molecule has 2 heteroatoms. The zero-order valence-corrected chi connectivity index (χ0v) is 10.9. The number of hydrogen-bond donors (Lipinski definition) is 1. The Morgan fingerprint density at radius 1 is 1.29 bits per heavy atom. The number of nitrogen functional groups attached to an aromatic ring is 1. The fourth-order valence-electron chi connectivity index (χ4n) is 2.46. The average Bonchev–Trinajstić information content (AvgIpc) is 2.29. The van der Waals surface area contributed by atoms with Gasteiger partial charge in [0, 0.05) is 18.8 Å². The first kappa shape index (κ1) is 12.4. The van der Waals surface area contributed by atoms with Gasteiger partial charge >= 0.3 is 0 Å². The van der Waals surface area contributed by atoms with E-state index in [2.05, 4.69) is 24.0 Å². The van der Waals surface area contributed by atoms with E-state index in [9.17, 15) is 0 Å². The van der Waals surface area contributed by atoms with Crippen molar-refractivity contribution in [3.63, 3.8) is 0 Å². The lowest BCUT2D eigenvalue weighted by Crippen LogP contribution is -2.34. The number of hydrogen-bond acceptors (Lipinski definition) is 2. The van der Waals surface area contributed by atoms with Gasteiger partial charge < -0.3 is 10.6 Å². The van der Waals surface area contributed by atoms with Gasteiger partial charge in [0.25, 0.3) is 0 Å². The average molecular weight is 232 g/mol. The van der Waals surface area contributed by atoms with Crippen LogP contribution in [0.3, 0.4) is 0 Å². The van der Waals surface area contributed by atoms with E-state index in [0.29, 0.717) is 0 Å². The third kappa shape index (κ3) is 3.47. The largest absolute Gasteiger partial charge is 0.399 e. The molecule has 1 saturated carbocycles. The smallest absolute Gasteiger partial charge is 0.0347 e. The van der Waals surface area contributed by atoms with Gasteiger partial charge in [-0.3, -0.25) is 0 Å². The van der Waals surface area contributed by atoms with E-state index in [1.54, 1.807) is 0 Å². The minimum Gasteiger partial charge on any atom is -0.399 e. The molecule has 0 bridgehead atoms. The van der Waals surface area contributed by atoms with Crippen molar-refractivity contribution in [2.24, 2.45) is 5.92 Å². The molecule has 0 unspecified atom stereocenters. The number of nitrogens with zero attached hydrogens (tertiary/aromatic N) is 1. The molecule has 1 aromatic carbocycles. The van der Waals surface area contributed by atoms with E-state index in [-0.39, 0.29) is 0 Å². The standard InChI is InChI=1S/C15H24N2/c1-2-17(12-13-6-5-7-13)11-10-14-8-3-4-9-15(14)16/h3-4,8-9,13H,2,5-7,10-12,16H2,1H3. The molecule has 2 nitrogen and oxygen atoms in total. The maximum absolute atomic E-state index is 5.97. The molecule has 1 aliphatic carbocycles. The Hall–Kier alpha value is -1.02. The van der Waals surface area contributed by atoms with Crippen molar-refractivity contribution in [2.75, 3.05) is 25.4 Å². The van der Waals surface area contributed by atoms with Crippen LogP contribution >= 0.6 is 0 Å². The molecule has 2 N–H and O–H groups in total. The van der Waals surface area contributed by atoms with Gasteiger partial charge in [-0.1, -0.05) is 31.5 Å². The summed E-state index contributed by atoms with van der Waals surface area (Å²) in [7, 11) is 0. The second kappa shape index (κ2) is 6.06. The number of para-hydroxylation sites is 1. The Balaban J connectivity index is 1.80. The van der Waals surface area contributed by atoms with Gasteiger partial charge in [0.15, 0.2) is 0 Å². The van der Waals surface area contributed by atoms with Crippen LogP contribution in [0.15, 0.2) is 24.3 Å². The summed E-state index contributed by atoms with van der Waals surface area (Å²) >= 11 is 0. The minimum absolute atomic E-state index is 0.937. The van der Waals surface area contributed by atoms with Crippen molar-refractivity contribution in [3.8, 4) is 0 Å². The molecule has 1 fully saturated rings. The Morgan fingerprint density at radius 2 is 2.06 bits per heavy atom. The van der Waals surface area contributed by atoms with E-state index in [1.165, 1.54) is 31.4 Å². The highest BCUT2D eigenvalue weighted by Gasteiger charge is 2.19. The maximum atomic E-state index is 5.97. The zero-order valence-electron chi connectivity index (χ0n) is 10.9. The van der Waals surface area contributed by atoms with Crippen molar-refractivity contribution in [1.82, 2.24) is 4.90 Å². The van der Waals surface area contributed by atoms with Crippen molar-refractivity contribution < 1.29 is 0 Å². The fraction of sp³-hybridized carbons (Fsp3) is 0.600. The number of likely N-dealkylation sites (N-methyl/N-ethyl adjacent to an activating group) is 1. The summed E-state index contributed by atoms with van der Waals surface area (Å²) in [5, 5.41) is 0. The molecule has 94 valence electrons. The molecule has 0 heterocycles. The number of benzene rings is 1. The lowest BCUT2D eigenvalue weighted by atomic mass is 9.85. The summed E-state index contributed by atoms with van der Waals surface area (Å²) in [6.07, 6.45) is 5.38. The predicted octanol–water partition coefficient (Wildman–Crippen LogP) is 2.93. The van der Waals surface area contributed by atoms with E-state index in [0.717, 1.165) is 31.1 Å². The highest BCUT2D eigenvalue weighted by atomic mass is 15.1. The van der Waals surface area contributed by atoms with Gasteiger partial charge in [0.05, 0.1) is 0 Å². The summed E-state index contributed by atoms with van der Waals surface area (Å²) in [6, 6.07) is 8.22. The molecule has 0 aliphatic heterocycles. The Labute approximate surface area is 105 Å². The van der Waals surface area contributed by atoms with Crippen LogP contribution in [-0.2, 0) is 6.42 Å². The second-order valence-electron chi connectivity index (χ2n) is 5.14. The van der Waals surface area contributed by atoms with Crippen LogP contribution in [0.4, 0.5) is 5.69 Å². The molecule has 17 heavy (non-hydrogen) atoms. The molecule has 0 spiro atoms. The van der Waals surface area contributed by atoms with Gasteiger partial charge in [-0.25, -0.2) is 0 Å². The minimum atomic E-state index is 0.937. The number of nitrogens with two attached hydrogens (primary N) is 1. The van der Waals surface area contributed by atoms with Crippen LogP contribution in [0.1, 0.15) is 31.7 Å². The third-order valence-electron chi connectivity index (χ3n) is 3.94. The van der Waals surface area contributed by atoms with Crippen molar-refractivity contribution in [1.29, 1.82) is 0 Å². The molecular weight excluding hydrogens is 208 g/mol. The number of anilines is 1. The summed E-state index contributed by atoms with van der Waals surface area (Å²) in [6.45, 7) is 5.83. The molecule has 1 aliphatic rings. The predicted molar refractivity (Wildman–Crippen MR) is 74.0 cm³/mol. The summed E-state index contributed by atoms with van der Waals surface area (Å²) in [5.41, 5.74) is 8.20. The molecule has 0 radical (unpaired) electrons. The first-order chi connectivity index (χ1) is 8.29. The van der Waals surface area contributed by atoms with Crippen LogP contribution in [-0.4, -0.2) is 24.5 Å². The second-order valence-corrected chi connectivity index (χ2v) is 5.14. The van der Waals surface area contributed by atoms with Gasteiger partial charge in [0.1, 0.15) is 0 Å². The summed E-state index contributed by atoms with van der Waals surface area (Å²) in [4.78, 5) is 2.57. The van der Waals surface area contributed by atoms with E-state index >= 15 is 0 Å². The lowest BCUT2D eigenvalue weighted by Gasteiger charge is -2.31. The first-order valence-corrected chi connectivity index (χ1v) is 6.85. The quantitative estimate of drug-likeness (QED) is 0.764. The Morgan fingerprint density at radius 3 is 2.65 bits per heavy atom. The van der Waals surface area contributed by atoms with Crippen LogP contribution in [0.5, 0.6) is 0 Å². The lowest BCUT2D eigenvalue weighted by molar-refractivity contribution is 0.185. The molecule has 0 saturated heterocycles. The van der Waals surface area contributed by atoms with Crippen LogP contribution in [0.25, 0.3) is 0 Å². The van der Waals surface area contributed by atoms with E-state index in [1.807, 2.05) is 12.1 Å². The van der Waals surface area contributed by atoms with Crippen LogP contribution < -0.4 is 5.73 Å². The van der Waals surface area contributed by atoms with E-state index in [4.69, 9.17) is 5.73 Å². The van der Waals surface area contributed by atoms with Crippen molar-refractivity contribution in [2.45, 2.75) is 32.6 Å². The van der Waals surface area contributed by atoms with Crippen molar-refractivity contribution >= 4 is 5.69 Å². The number of rotatable bonds is 6. The SMILES string of the molecule is CCN(CCc1ccccc1N)CC1CCC1. The monoisotopic (exact) mass is 232 g/mol. The summed E-state index contributed by atoms with van der Waals surface area (Å²) in [5.74, 6) is 0.961. The molecular formula is C15H24N2. The molecule has 0 amide bonds. The van der Waals surface area contributed by atoms with Gasteiger partial charge in [-0.2, -0.15) is 0 Å². The molecule has 1 aromatic rings.